The fraction of sp³-hybridized carbons (Fsp3) is 0.765. The first-order valence-electron chi connectivity index (χ1n) is 8.55. The topological polar surface area (TPSA) is 47.4 Å². The molecule has 3 rings (SSSR count). The van der Waals surface area contributed by atoms with E-state index < -0.39 is 0 Å². The molecule has 0 spiro atoms. The predicted octanol–water partition coefficient (Wildman–Crippen LogP) is 2.45. The molecule has 3 heterocycles. The quantitative estimate of drug-likeness (QED) is 0.839. The van der Waals surface area contributed by atoms with Gasteiger partial charge in [0.05, 0.1) is 24.4 Å². The van der Waals surface area contributed by atoms with E-state index in [0.29, 0.717) is 24.5 Å². The summed E-state index contributed by atoms with van der Waals surface area (Å²) in [6.07, 6.45) is 6.26. The Balaban J connectivity index is 1.55. The fourth-order valence-electron chi connectivity index (χ4n) is 3.71. The van der Waals surface area contributed by atoms with E-state index >= 15 is 0 Å². The van der Waals surface area contributed by atoms with Gasteiger partial charge in [-0.15, -0.1) is 0 Å². The highest BCUT2D eigenvalue weighted by Crippen LogP contribution is 2.23. The largest absolute Gasteiger partial charge is 0.378 e. The number of ether oxygens (including phenoxy) is 1. The number of aromatic nitrogens is 2. The average Bonchev–Trinajstić information content (AvgIpc) is 3.20. The molecule has 0 radical (unpaired) electrons. The Hall–Kier alpha value is -1.36. The molecule has 5 nitrogen and oxygen atoms in total. The van der Waals surface area contributed by atoms with Crippen LogP contribution in [0.25, 0.3) is 0 Å². The van der Waals surface area contributed by atoms with Gasteiger partial charge in [0.15, 0.2) is 0 Å². The molecule has 0 saturated carbocycles. The summed E-state index contributed by atoms with van der Waals surface area (Å²) in [6.45, 7) is 6.68. The van der Waals surface area contributed by atoms with Crippen molar-refractivity contribution in [2.24, 2.45) is 0 Å². The minimum atomic E-state index is 0.291. The van der Waals surface area contributed by atoms with Crippen LogP contribution in [-0.2, 0) is 16.1 Å². The molecule has 0 N–H and O–H groups in total. The molecule has 2 saturated heterocycles. The van der Waals surface area contributed by atoms with Crippen LogP contribution in [-0.4, -0.2) is 45.9 Å². The van der Waals surface area contributed by atoms with E-state index in [0.717, 1.165) is 57.5 Å². The number of hydrogen-bond acceptors (Lipinski definition) is 3. The molecule has 2 aliphatic heterocycles. The van der Waals surface area contributed by atoms with Crippen LogP contribution >= 0.6 is 0 Å². The van der Waals surface area contributed by atoms with Crippen LogP contribution in [0, 0.1) is 13.8 Å². The molecular formula is C17H27N3O2. The Morgan fingerprint density at radius 1 is 1.36 bits per heavy atom. The summed E-state index contributed by atoms with van der Waals surface area (Å²) in [6, 6.07) is 2.40. The lowest BCUT2D eigenvalue weighted by Gasteiger charge is -2.25. The molecule has 0 unspecified atom stereocenters. The lowest BCUT2D eigenvalue weighted by Crippen LogP contribution is -2.38. The number of amides is 1. The highest BCUT2D eigenvalue weighted by molar-refractivity contribution is 5.76. The van der Waals surface area contributed by atoms with Gasteiger partial charge in [0.2, 0.25) is 5.91 Å². The fourth-order valence-corrected chi connectivity index (χ4v) is 3.71. The van der Waals surface area contributed by atoms with Gasteiger partial charge < -0.3 is 9.64 Å². The number of carbonyl (C=O) groups is 1. The van der Waals surface area contributed by atoms with Crippen molar-refractivity contribution in [1.82, 2.24) is 14.7 Å². The van der Waals surface area contributed by atoms with Gasteiger partial charge >= 0.3 is 0 Å². The van der Waals surface area contributed by atoms with E-state index in [1.54, 1.807) is 0 Å². The summed E-state index contributed by atoms with van der Waals surface area (Å²) in [5, 5.41) is 4.54. The van der Waals surface area contributed by atoms with Crippen molar-refractivity contribution in [3.05, 3.63) is 17.5 Å². The number of nitrogens with zero attached hydrogens (tertiary/aromatic N) is 3. The highest BCUT2D eigenvalue weighted by atomic mass is 16.5. The molecular weight excluding hydrogens is 278 g/mol. The molecule has 122 valence electrons. The van der Waals surface area contributed by atoms with Gasteiger partial charge in [0.1, 0.15) is 0 Å². The van der Waals surface area contributed by atoms with Crippen LogP contribution in [0.2, 0.25) is 0 Å². The molecule has 5 heteroatoms. The van der Waals surface area contributed by atoms with E-state index in [-0.39, 0.29) is 0 Å². The second kappa shape index (κ2) is 6.82. The van der Waals surface area contributed by atoms with Gasteiger partial charge in [-0.1, -0.05) is 0 Å². The van der Waals surface area contributed by atoms with Crippen LogP contribution in [0.4, 0.5) is 0 Å². The average molecular weight is 305 g/mol. The van der Waals surface area contributed by atoms with Gasteiger partial charge in [-0.3, -0.25) is 9.48 Å². The summed E-state index contributed by atoms with van der Waals surface area (Å²) in [4.78, 5) is 14.6. The van der Waals surface area contributed by atoms with Crippen molar-refractivity contribution in [3.8, 4) is 0 Å². The smallest absolute Gasteiger partial charge is 0.222 e. The highest BCUT2D eigenvalue weighted by Gasteiger charge is 2.30. The molecule has 2 atom stereocenters. The number of carbonyl (C=O) groups excluding carboxylic acids is 1. The monoisotopic (exact) mass is 305 g/mol. The van der Waals surface area contributed by atoms with E-state index in [1.807, 2.05) is 11.6 Å². The molecule has 2 aliphatic rings. The normalized spacial score (nSPS) is 25.1. The minimum Gasteiger partial charge on any atom is -0.378 e. The van der Waals surface area contributed by atoms with Gasteiger partial charge in [-0.05, 0) is 52.0 Å². The maximum absolute atomic E-state index is 12.5. The zero-order chi connectivity index (χ0) is 15.5. The van der Waals surface area contributed by atoms with Crippen molar-refractivity contribution in [2.75, 3.05) is 13.2 Å². The van der Waals surface area contributed by atoms with Gasteiger partial charge in [-0.25, -0.2) is 0 Å². The Morgan fingerprint density at radius 2 is 2.23 bits per heavy atom. The first kappa shape index (κ1) is 15.5. The van der Waals surface area contributed by atoms with Crippen molar-refractivity contribution >= 4 is 5.91 Å². The lowest BCUT2D eigenvalue weighted by atomic mass is 10.1. The van der Waals surface area contributed by atoms with E-state index in [4.69, 9.17) is 4.74 Å². The third kappa shape index (κ3) is 3.51. The van der Waals surface area contributed by atoms with Gasteiger partial charge in [0.25, 0.3) is 0 Å². The van der Waals surface area contributed by atoms with Crippen molar-refractivity contribution in [3.63, 3.8) is 0 Å². The van der Waals surface area contributed by atoms with Crippen LogP contribution in [0.1, 0.15) is 49.9 Å². The Morgan fingerprint density at radius 3 is 2.91 bits per heavy atom. The van der Waals surface area contributed by atoms with Crippen molar-refractivity contribution < 1.29 is 9.53 Å². The maximum Gasteiger partial charge on any atom is 0.222 e. The standard InChI is InChI=1S/C17H27N3O2/c1-13-11-14(2)20(18-13)12-15-5-3-9-19(15)17(21)8-7-16-6-4-10-22-16/h11,15-16H,3-10,12H2,1-2H3/t15-,16+/m1/s1. The zero-order valence-corrected chi connectivity index (χ0v) is 13.8. The summed E-state index contributed by atoms with van der Waals surface area (Å²) in [5.41, 5.74) is 2.22. The molecule has 1 aromatic heterocycles. The summed E-state index contributed by atoms with van der Waals surface area (Å²) in [5.74, 6) is 0.291. The molecule has 0 bridgehead atoms. The summed E-state index contributed by atoms with van der Waals surface area (Å²) < 4.78 is 7.67. The first-order chi connectivity index (χ1) is 10.6. The second-order valence-electron chi connectivity index (χ2n) is 6.67. The van der Waals surface area contributed by atoms with E-state index in [1.165, 1.54) is 5.69 Å². The molecule has 0 aliphatic carbocycles. The number of likely N-dealkylation sites (tertiary alicyclic amines) is 1. The second-order valence-corrected chi connectivity index (χ2v) is 6.67. The van der Waals surface area contributed by atoms with Gasteiger partial charge in [-0.2, -0.15) is 5.10 Å². The lowest BCUT2D eigenvalue weighted by molar-refractivity contribution is -0.132. The third-order valence-corrected chi connectivity index (χ3v) is 4.89. The SMILES string of the molecule is Cc1cc(C)n(C[C@H]2CCCN2C(=O)CC[C@@H]2CCCO2)n1. The molecule has 0 aromatic carbocycles. The summed E-state index contributed by atoms with van der Waals surface area (Å²) in [7, 11) is 0. The van der Waals surface area contributed by atoms with Crippen LogP contribution in [0.15, 0.2) is 6.07 Å². The van der Waals surface area contributed by atoms with E-state index in [2.05, 4.69) is 23.0 Å². The zero-order valence-electron chi connectivity index (χ0n) is 13.8. The van der Waals surface area contributed by atoms with Crippen molar-refractivity contribution in [2.45, 2.75) is 71.1 Å². The Labute approximate surface area is 132 Å². The number of rotatable bonds is 5. The maximum atomic E-state index is 12.5. The molecule has 22 heavy (non-hydrogen) atoms. The molecule has 1 aromatic rings. The Kier molecular flexibility index (Phi) is 4.81. The molecule has 2 fully saturated rings. The van der Waals surface area contributed by atoms with Crippen molar-refractivity contribution in [1.29, 1.82) is 0 Å². The van der Waals surface area contributed by atoms with Crippen LogP contribution < -0.4 is 0 Å². The number of aryl methyl sites for hydroxylation is 2. The minimum absolute atomic E-state index is 0.291. The third-order valence-electron chi connectivity index (χ3n) is 4.89. The Bertz CT molecular complexity index is 520. The first-order valence-corrected chi connectivity index (χ1v) is 8.55. The van der Waals surface area contributed by atoms with E-state index in [9.17, 15) is 4.79 Å². The summed E-state index contributed by atoms with van der Waals surface area (Å²) >= 11 is 0. The van der Waals surface area contributed by atoms with Crippen LogP contribution in [0.5, 0.6) is 0 Å². The van der Waals surface area contributed by atoms with Gasteiger partial charge in [0, 0.05) is 25.3 Å². The van der Waals surface area contributed by atoms with Crippen LogP contribution in [0.3, 0.4) is 0 Å². The predicted molar refractivity (Wildman–Crippen MR) is 84.6 cm³/mol. The molecule has 1 amide bonds. The number of hydrogen-bond donors (Lipinski definition) is 0.